The molecular weight excluding hydrogens is 372 g/mol. The normalized spacial score (nSPS) is 19.7. The minimum Gasteiger partial charge on any atom is -0.481 e. The molecule has 1 saturated heterocycles. The lowest BCUT2D eigenvalue weighted by Crippen LogP contribution is -2.52. The largest absolute Gasteiger partial charge is 0.481 e. The Hall–Kier alpha value is -2.69. The third-order valence-electron chi connectivity index (χ3n) is 6.02. The number of carbonyl (C=O) groups is 1. The Morgan fingerprint density at radius 1 is 0.967 bits per heavy atom. The Balaban J connectivity index is 1.42. The fourth-order valence-electron chi connectivity index (χ4n) is 4.47. The first kappa shape index (κ1) is 20.6. The second kappa shape index (κ2) is 9.88. The summed E-state index contributed by atoms with van der Waals surface area (Å²) in [7, 11) is 0. The van der Waals surface area contributed by atoms with Crippen molar-refractivity contribution in [3.8, 4) is 0 Å². The van der Waals surface area contributed by atoms with Crippen LogP contribution in [0.3, 0.4) is 0 Å². The van der Waals surface area contributed by atoms with Gasteiger partial charge in [0.25, 0.3) is 0 Å². The average molecular weight is 403 g/mol. The van der Waals surface area contributed by atoms with Crippen molar-refractivity contribution in [2.24, 2.45) is 0 Å². The molecule has 0 aromatic heterocycles. The molecule has 4 heteroatoms. The molecule has 156 valence electrons. The summed E-state index contributed by atoms with van der Waals surface area (Å²) in [5.41, 5.74) is 2.67. The molecule has 4 rings (SSSR count). The van der Waals surface area contributed by atoms with Gasteiger partial charge in [-0.25, -0.2) is 0 Å². The van der Waals surface area contributed by atoms with Crippen molar-refractivity contribution in [3.63, 3.8) is 0 Å². The Kier molecular flexibility index (Phi) is 6.77. The van der Waals surface area contributed by atoms with Gasteiger partial charge in [-0.15, -0.1) is 0 Å². The summed E-state index contributed by atoms with van der Waals surface area (Å²) in [4.78, 5) is 13.3. The lowest BCUT2D eigenvalue weighted by Gasteiger charge is -2.39. The summed E-state index contributed by atoms with van der Waals surface area (Å²) in [6, 6.07) is 26.5. The molecule has 0 radical (unpaired) electrons. The molecule has 0 amide bonds. The van der Waals surface area contributed by atoms with E-state index in [1.54, 1.807) is 0 Å². The van der Waals surface area contributed by atoms with E-state index in [1.165, 1.54) is 21.9 Å². The molecule has 2 unspecified atom stereocenters. The van der Waals surface area contributed by atoms with E-state index >= 15 is 0 Å². The van der Waals surface area contributed by atoms with Gasteiger partial charge in [-0.3, -0.25) is 9.69 Å². The van der Waals surface area contributed by atoms with Gasteiger partial charge in [0, 0.05) is 31.6 Å². The minimum atomic E-state index is -0.711. The van der Waals surface area contributed by atoms with Crippen molar-refractivity contribution in [2.75, 3.05) is 19.6 Å². The number of hydrogen-bond acceptors (Lipinski definition) is 3. The van der Waals surface area contributed by atoms with Gasteiger partial charge in [-0.1, -0.05) is 72.8 Å². The molecule has 4 nitrogen and oxygen atoms in total. The van der Waals surface area contributed by atoms with Gasteiger partial charge >= 0.3 is 5.97 Å². The maximum Gasteiger partial charge on any atom is 0.303 e. The fraction of sp³-hybridized carbons (Fsp3) is 0.346. The van der Waals surface area contributed by atoms with E-state index in [1.807, 2.05) is 6.07 Å². The van der Waals surface area contributed by atoms with Crippen LogP contribution < -0.4 is 5.32 Å². The maximum absolute atomic E-state index is 10.9. The van der Waals surface area contributed by atoms with Gasteiger partial charge in [0.15, 0.2) is 0 Å². The zero-order valence-corrected chi connectivity index (χ0v) is 17.3. The zero-order chi connectivity index (χ0) is 20.8. The second-order valence-electron chi connectivity index (χ2n) is 8.30. The average Bonchev–Trinajstić information content (AvgIpc) is 2.78. The number of carboxylic acids is 1. The highest BCUT2D eigenvalue weighted by Crippen LogP contribution is 2.23. The number of fused-ring (bicyclic) bond motifs is 1. The summed E-state index contributed by atoms with van der Waals surface area (Å²) in [6.45, 7) is 2.73. The SMILES string of the molecule is O=C(O)CCCN1CC(CCc2ccc3ccccc3c2)NC(c2ccccc2)C1. The van der Waals surface area contributed by atoms with E-state index in [0.717, 1.165) is 32.5 Å². The Morgan fingerprint density at radius 2 is 1.73 bits per heavy atom. The Bertz CT molecular complexity index is 973. The Labute approximate surface area is 178 Å². The van der Waals surface area contributed by atoms with Crippen molar-refractivity contribution in [2.45, 2.75) is 37.8 Å². The summed E-state index contributed by atoms with van der Waals surface area (Å²) >= 11 is 0. The van der Waals surface area contributed by atoms with Gasteiger partial charge < -0.3 is 10.4 Å². The number of hydrogen-bond donors (Lipinski definition) is 2. The number of aliphatic carboxylic acids is 1. The lowest BCUT2D eigenvalue weighted by molar-refractivity contribution is -0.137. The molecule has 1 heterocycles. The molecule has 0 bridgehead atoms. The number of carboxylic acid groups (broad SMARTS) is 1. The number of nitrogens with one attached hydrogen (secondary N) is 1. The molecule has 3 aromatic rings. The van der Waals surface area contributed by atoms with Crippen LogP contribution in [-0.4, -0.2) is 41.7 Å². The third kappa shape index (κ3) is 5.47. The molecule has 30 heavy (non-hydrogen) atoms. The van der Waals surface area contributed by atoms with Crippen molar-refractivity contribution < 1.29 is 9.90 Å². The third-order valence-corrected chi connectivity index (χ3v) is 6.02. The van der Waals surface area contributed by atoms with E-state index in [4.69, 9.17) is 5.11 Å². The van der Waals surface area contributed by atoms with Crippen LogP contribution in [0.4, 0.5) is 0 Å². The van der Waals surface area contributed by atoms with Crippen molar-refractivity contribution in [1.82, 2.24) is 10.2 Å². The molecule has 1 fully saturated rings. The first-order valence-electron chi connectivity index (χ1n) is 10.9. The first-order chi connectivity index (χ1) is 14.7. The Morgan fingerprint density at radius 3 is 2.53 bits per heavy atom. The molecule has 1 aliphatic rings. The van der Waals surface area contributed by atoms with Crippen LogP contribution in [0.1, 0.15) is 36.4 Å². The van der Waals surface area contributed by atoms with Crippen LogP contribution in [0, 0.1) is 0 Å². The highest BCUT2D eigenvalue weighted by molar-refractivity contribution is 5.82. The van der Waals surface area contributed by atoms with Crippen LogP contribution in [0.15, 0.2) is 72.8 Å². The molecule has 0 saturated carbocycles. The number of nitrogens with zero attached hydrogens (tertiary/aromatic N) is 1. The van der Waals surface area contributed by atoms with Crippen LogP contribution >= 0.6 is 0 Å². The molecule has 3 aromatic carbocycles. The molecule has 0 spiro atoms. The van der Waals surface area contributed by atoms with Gasteiger partial charge in [-0.2, -0.15) is 0 Å². The standard InChI is InChI=1S/C26H30N2O2/c29-26(30)11-6-16-28-18-24(27-25(19-28)22-8-2-1-3-9-22)15-13-20-12-14-21-7-4-5-10-23(21)17-20/h1-5,7-10,12,14,17,24-25,27H,6,11,13,15-16,18-19H2,(H,29,30). The van der Waals surface area contributed by atoms with E-state index in [0.29, 0.717) is 12.5 Å². The van der Waals surface area contributed by atoms with E-state index in [9.17, 15) is 4.79 Å². The van der Waals surface area contributed by atoms with Crippen LogP contribution in [-0.2, 0) is 11.2 Å². The van der Waals surface area contributed by atoms with E-state index < -0.39 is 5.97 Å². The van der Waals surface area contributed by atoms with Crippen molar-refractivity contribution >= 4 is 16.7 Å². The van der Waals surface area contributed by atoms with Crippen molar-refractivity contribution in [3.05, 3.63) is 83.9 Å². The first-order valence-corrected chi connectivity index (χ1v) is 10.9. The number of piperazine rings is 1. The predicted octanol–water partition coefficient (Wildman–Crippen LogP) is 4.65. The van der Waals surface area contributed by atoms with Crippen LogP contribution in [0.2, 0.25) is 0 Å². The molecule has 1 aliphatic heterocycles. The fourth-order valence-corrected chi connectivity index (χ4v) is 4.47. The van der Waals surface area contributed by atoms with E-state index in [2.05, 4.69) is 76.9 Å². The van der Waals surface area contributed by atoms with Gasteiger partial charge in [0.1, 0.15) is 0 Å². The van der Waals surface area contributed by atoms with Gasteiger partial charge in [0.05, 0.1) is 0 Å². The number of aryl methyl sites for hydroxylation is 1. The summed E-state index contributed by atoms with van der Waals surface area (Å²) in [5.74, 6) is -0.711. The molecule has 2 N–H and O–H groups in total. The van der Waals surface area contributed by atoms with Crippen LogP contribution in [0.5, 0.6) is 0 Å². The van der Waals surface area contributed by atoms with Crippen LogP contribution in [0.25, 0.3) is 10.8 Å². The number of rotatable bonds is 8. The molecular formula is C26H30N2O2. The topological polar surface area (TPSA) is 52.6 Å². The summed E-state index contributed by atoms with van der Waals surface area (Å²) < 4.78 is 0. The molecule has 0 aliphatic carbocycles. The maximum atomic E-state index is 10.9. The predicted molar refractivity (Wildman–Crippen MR) is 122 cm³/mol. The highest BCUT2D eigenvalue weighted by atomic mass is 16.4. The zero-order valence-electron chi connectivity index (χ0n) is 17.3. The summed E-state index contributed by atoms with van der Waals surface area (Å²) in [5, 5.41) is 15.4. The second-order valence-corrected chi connectivity index (χ2v) is 8.30. The van der Waals surface area contributed by atoms with Gasteiger partial charge in [0.2, 0.25) is 0 Å². The lowest BCUT2D eigenvalue weighted by atomic mass is 9.97. The van der Waals surface area contributed by atoms with Gasteiger partial charge in [-0.05, 0) is 47.7 Å². The molecule has 2 atom stereocenters. The number of benzene rings is 3. The summed E-state index contributed by atoms with van der Waals surface area (Å²) in [6.07, 6.45) is 3.04. The minimum absolute atomic E-state index is 0.238. The highest BCUT2D eigenvalue weighted by Gasteiger charge is 2.27. The van der Waals surface area contributed by atoms with Crippen molar-refractivity contribution in [1.29, 1.82) is 0 Å². The monoisotopic (exact) mass is 402 g/mol. The van der Waals surface area contributed by atoms with E-state index in [-0.39, 0.29) is 12.5 Å². The smallest absolute Gasteiger partial charge is 0.303 e. The quantitative estimate of drug-likeness (QED) is 0.576.